The van der Waals surface area contributed by atoms with Gasteiger partial charge in [0, 0.05) is 11.9 Å². The van der Waals surface area contributed by atoms with Crippen LogP contribution in [0.4, 0.5) is 36.3 Å². The van der Waals surface area contributed by atoms with Crippen molar-refractivity contribution in [2.75, 3.05) is 10.6 Å². The molecule has 0 atom stereocenters. The molecule has 0 amide bonds. The van der Waals surface area contributed by atoms with Crippen molar-refractivity contribution in [3.63, 3.8) is 0 Å². The predicted octanol–water partition coefficient (Wildman–Crippen LogP) is 5.50. The fourth-order valence-electron chi connectivity index (χ4n) is 2.33. The summed E-state index contributed by atoms with van der Waals surface area (Å²) in [5.74, 6) is -3.13. The highest BCUT2D eigenvalue weighted by Crippen LogP contribution is 2.24. The van der Waals surface area contributed by atoms with Crippen LogP contribution in [0.25, 0.3) is 0 Å². The number of benzene rings is 2. The molecular weight excluding hydrogens is 341 g/mol. The zero-order valence-corrected chi connectivity index (χ0v) is 14.2. The Balaban J connectivity index is 1.77. The first kappa shape index (κ1) is 17.7. The zero-order valence-electron chi connectivity index (χ0n) is 14.2. The minimum atomic E-state index is -1.53. The molecule has 4 nitrogen and oxygen atoms in total. The summed E-state index contributed by atoms with van der Waals surface area (Å²) in [7, 11) is 0. The molecule has 0 aliphatic heterocycles. The van der Waals surface area contributed by atoms with Gasteiger partial charge < -0.3 is 10.6 Å². The van der Waals surface area contributed by atoms with E-state index >= 15 is 0 Å². The molecule has 1 heterocycles. The third-order valence-corrected chi connectivity index (χ3v) is 3.79. The number of aromatic nitrogens is 2. The topological polar surface area (TPSA) is 49.8 Å². The Bertz CT molecular complexity index is 911. The molecule has 0 spiro atoms. The van der Waals surface area contributed by atoms with Crippen LogP contribution >= 0.6 is 0 Å². The van der Waals surface area contributed by atoms with E-state index in [4.69, 9.17) is 0 Å². The second kappa shape index (κ2) is 7.43. The molecule has 0 saturated heterocycles. The highest BCUT2D eigenvalue weighted by molar-refractivity contribution is 5.60. The molecule has 0 saturated carbocycles. The number of halogens is 3. The maximum absolute atomic E-state index is 13.8. The molecule has 0 unspecified atom stereocenters. The summed E-state index contributed by atoms with van der Waals surface area (Å²) in [4.78, 5) is 8.30. The third kappa shape index (κ3) is 3.93. The van der Waals surface area contributed by atoms with Crippen LogP contribution in [0.3, 0.4) is 0 Å². The summed E-state index contributed by atoms with van der Waals surface area (Å²) in [6.45, 7) is 4.22. The summed E-state index contributed by atoms with van der Waals surface area (Å²) in [6.07, 6.45) is 1.47. The van der Waals surface area contributed by atoms with Crippen LogP contribution in [0.15, 0.2) is 48.7 Å². The average Bonchev–Trinajstić information content (AvgIpc) is 2.63. The Morgan fingerprint density at radius 1 is 0.846 bits per heavy atom. The van der Waals surface area contributed by atoms with E-state index in [2.05, 4.69) is 34.4 Å². The number of rotatable bonds is 5. The fraction of sp³-hybridized carbons (Fsp3) is 0.158. The first-order valence-electron chi connectivity index (χ1n) is 8.04. The molecule has 0 bridgehead atoms. The van der Waals surface area contributed by atoms with Gasteiger partial charge in [-0.05, 0) is 41.8 Å². The second-order valence-corrected chi connectivity index (χ2v) is 6.02. The maximum Gasteiger partial charge on any atom is 0.229 e. The van der Waals surface area contributed by atoms with Crippen LogP contribution in [0, 0.1) is 17.5 Å². The Morgan fingerprint density at radius 2 is 1.58 bits per heavy atom. The van der Waals surface area contributed by atoms with E-state index in [-0.39, 0.29) is 17.5 Å². The number of nitrogens with zero attached hydrogens (tertiary/aromatic N) is 2. The maximum atomic E-state index is 13.8. The van der Waals surface area contributed by atoms with Crippen LogP contribution < -0.4 is 10.6 Å². The number of hydrogen-bond donors (Lipinski definition) is 2. The summed E-state index contributed by atoms with van der Waals surface area (Å²) in [6, 6.07) is 11.3. The van der Waals surface area contributed by atoms with Crippen LogP contribution in [0.1, 0.15) is 25.3 Å². The molecule has 0 aliphatic carbocycles. The minimum Gasteiger partial charge on any atom is -0.338 e. The molecule has 0 fully saturated rings. The van der Waals surface area contributed by atoms with E-state index in [1.807, 2.05) is 24.3 Å². The van der Waals surface area contributed by atoms with Gasteiger partial charge in [-0.1, -0.05) is 26.0 Å². The Hall–Kier alpha value is -3.09. The lowest BCUT2D eigenvalue weighted by atomic mass is 10.0. The van der Waals surface area contributed by atoms with Crippen molar-refractivity contribution in [3.8, 4) is 0 Å². The number of hydrogen-bond acceptors (Lipinski definition) is 4. The molecule has 3 aromatic rings. The molecule has 0 radical (unpaired) electrons. The number of anilines is 4. The predicted molar refractivity (Wildman–Crippen MR) is 95.4 cm³/mol. The Morgan fingerprint density at radius 3 is 2.27 bits per heavy atom. The first-order chi connectivity index (χ1) is 12.4. The van der Waals surface area contributed by atoms with Crippen molar-refractivity contribution in [3.05, 3.63) is 71.7 Å². The lowest BCUT2D eigenvalue weighted by molar-refractivity contribution is 0.449. The third-order valence-electron chi connectivity index (χ3n) is 3.79. The average molecular weight is 358 g/mol. The molecular formula is C19H17F3N4. The van der Waals surface area contributed by atoms with Gasteiger partial charge >= 0.3 is 0 Å². The Kier molecular flexibility index (Phi) is 5.06. The van der Waals surface area contributed by atoms with Crippen molar-refractivity contribution in [2.24, 2.45) is 0 Å². The molecule has 7 heteroatoms. The quantitative estimate of drug-likeness (QED) is 0.591. The van der Waals surface area contributed by atoms with Crippen molar-refractivity contribution in [1.29, 1.82) is 0 Å². The molecule has 2 aromatic carbocycles. The normalized spacial score (nSPS) is 10.8. The van der Waals surface area contributed by atoms with E-state index in [1.54, 1.807) is 0 Å². The molecule has 1 aromatic heterocycles. The highest BCUT2D eigenvalue weighted by Gasteiger charge is 2.14. The van der Waals surface area contributed by atoms with Crippen LogP contribution in [-0.4, -0.2) is 9.97 Å². The van der Waals surface area contributed by atoms with E-state index in [0.29, 0.717) is 5.92 Å². The van der Waals surface area contributed by atoms with Gasteiger partial charge in [0.1, 0.15) is 5.82 Å². The van der Waals surface area contributed by atoms with E-state index < -0.39 is 17.5 Å². The summed E-state index contributed by atoms with van der Waals surface area (Å²) >= 11 is 0. The standard InChI is InChI=1S/C19H17F3N4/c1-11(2)12-3-5-13(6-4-12)24-19-23-10-9-16(26-19)25-15-8-7-14(20)17(21)18(15)22/h3-11H,1-2H3,(H2,23,24,25,26). The van der Waals surface area contributed by atoms with Crippen molar-refractivity contribution >= 4 is 23.1 Å². The molecule has 0 aliphatic rings. The fourth-order valence-corrected chi connectivity index (χ4v) is 2.33. The van der Waals surface area contributed by atoms with Crippen molar-refractivity contribution in [1.82, 2.24) is 9.97 Å². The number of nitrogens with one attached hydrogen (secondary N) is 2. The van der Waals surface area contributed by atoms with Crippen LogP contribution in [0.2, 0.25) is 0 Å². The SMILES string of the molecule is CC(C)c1ccc(Nc2nccc(Nc3ccc(F)c(F)c3F)n2)cc1. The minimum absolute atomic E-state index is 0.213. The van der Waals surface area contributed by atoms with Gasteiger partial charge in [0.25, 0.3) is 0 Å². The summed E-state index contributed by atoms with van der Waals surface area (Å²) in [5.41, 5.74) is 1.79. The lowest BCUT2D eigenvalue weighted by Crippen LogP contribution is -2.03. The van der Waals surface area contributed by atoms with Gasteiger partial charge in [-0.2, -0.15) is 4.98 Å². The van der Waals surface area contributed by atoms with Crippen molar-refractivity contribution in [2.45, 2.75) is 19.8 Å². The van der Waals surface area contributed by atoms with E-state index in [9.17, 15) is 13.2 Å². The van der Waals surface area contributed by atoms with Gasteiger partial charge in [0.05, 0.1) is 5.69 Å². The molecule has 2 N–H and O–H groups in total. The summed E-state index contributed by atoms with van der Waals surface area (Å²) < 4.78 is 40.1. The van der Waals surface area contributed by atoms with Crippen LogP contribution in [0.5, 0.6) is 0 Å². The zero-order chi connectivity index (χ0) is 18.7. The molecule has 3 rings (SSSR count). The molecule has 134 valence electrons. The van der Waals surface area contributed by atoms with E-state index in [1.165, 1.54) is 17.8 Å². The smallest absolute Gasteiger partial charge is 0.229 e. The van der Waals surface area contributed by atoms with Crippen LogP contribution in [-0.2, 0) is 0 Å². The second-order valence-electron chi connectivity index (χ2n) is 6.02. The monoisotopic (exact) mass is 358 g/mol. The largest absolute Gasteiger partial charge is 0.338 e. The first-order valence-corrected chi connectivity index (χ1v) is 8.04. The van der Waals surface area contributed by atoms with Gasteiger partial charge in [0.2, 0.25) is 5.95 Å². The summed E-state index contributed by atoms with van der Waals surface area (Å²) in [5, 5.41) is 5.66. The lowest BCUT2D eigenvalue weighted by Gasteiger charge is -2.10. The van der Waals surface area contributed by atoms with Crippen molar-refractivity contribution < 1.29 is 13.2 Å². The van der Waals surface area contributed by atoms with Gasteiger partial charge in [0.15, 0.2) is 17.5 Å². The molecule has 26 heavy (non-hydrogen) atoms. The van der Waals surface area contributed by atoms with Gasteiger partial charge in [-0.15, -0.1) is 0 Å². The highest BCUT2D eigenvalue weighted by atomic mass is 19.2. The van der Waals surface area contributed by atoms with Gasteiger partial charge in [-0.25, -0.2) is 18.2 Å². The van der Waals surface area contributed by atoms with Gasteiger partial charge in [-0.3, -0.25) is 0 Å². The Labute approximate surface area is 149 Å². The van der Waals surface area contributed by atoms with E-state index in [0.717, 1.165) is 17.8 Å².